The van der Waals surface area contributed by atoms with Crippen LogP contribution in [0.15, 0.2) is 12.1 Å². The molecule has 2 unspecified atom stereocenters. The van der Waals surface area contributed by atoms with Gasteiger partial charge >= 0.3 is 0 Å². The van der Waals surface area contributed by atoms with Crippen LogP contribution in [0.3, 0.4) is 0 Å². The average Bonchev–Trinajstić information content (AvgIpc) is 2.85. The molecule has 1 aromatic rings. The molecule has 1 saturated heterocycles. The molecule has 100 valence electrons. The van der Waals surface area contributed by atoms with E-state index in [9.17, 15) is 0 Å². The topological polar surface area (TPSA) is 30.5 Å². The van der Waals surface area contributed by atoms with Gasteiger partial charge in [-0.1, -0.05) is 0 Å². The summed E-state index contributed by atoms with van der Waals surface area (Å²) < 4.78 is 10.8. The quantitative estimate of drug-likeness (QED) is 0.894. The van der Waals surface area contributed by atoms with Crippen LogP contribution in [0.25, 0.3) is 0 Å². The molecule has 1 heterocycles. The first kappa shape index (κ1) is 13.5. The summed E-state index contributed by atoms with van der Waals surface area (Å²) in [4.78, 5) is 0. The lowest BCUT2D eigenvalue weighted by Crippen LogP contribution is -2.19. The molecule has 3 nitrogen and oxygen atoms in total. The minimum atomic E-state index is 0. The van der Waals surface area contributed by atoms with E-state index in [0.717, 1.165) is 24.0 Å². The first-order valence-electron chi connectivity index (χ1n) is 6.29. The molecule has 0 saturated carbocycles. The Morgan fingerprint density at radius 2 is 1.83 bits per heavy atom. The molecule has 1 aromatic carbocycles. The molecule has 2 aliphatic rings. The second-order valence-electron chi connectivity index (χ2n) is 4.97. The first-order chi connectivity index (χ1) is 8.33. The van der Waals surface area contributed by atoms with E-state index >= 15 is 0 Å². The Hall–Kier alpha value is -0.930. The summed E-state index contributed by atoms with van der Waals surface area (Å²) in [6.07, 6.45) is 2.46. The summed E-state index contributed by atoms with van der Waals surface area (Å²) >= 11 is 0. The predicted molar refractivity (Wildman–Crippen MR) is 74.2 cm³/mol. The van der Waals surface area contributed by atoms with Gasteiger partial charge in [0.05, 0.1) is 14.2 Å². The van der Waals surface area contributed by atoms with Crippen molar-refractivity contribution in [1.29, 1.82) is 0 Å². The summed E-state index contributed by atoms with van der Waals surface area (Å²) in [6.45, 7) is 2.27. The molecule has 4 heteroatoms. The van der Waals surface area contributed by atoms with Crippen LogP contribution in [0.2, 0.25) is 0 Å². The van der Waals surface area contributed by atoms with Gasteiger partial charge in [-0.3, -0.25) is 0 Å². The molecular formula is C14H20ClNO2. The van der Waals surface area contributed by atoms with Gasteiger partial charge < -0.3 is 14.8 Å². The van der Waals surface area contributed by atoms with Gasteiger partial charge in [0.1, 0.15) is 0 Å². The van der Waals surface area contributed by atoms with Crippen LogP contribution >= 0.6 is 12.4 Å². The molecule has 0 radical (unpaired) electrons. The monoisotopic (exact) mass is 269 g/mol. The molecule has 18 heavy (non-hydrogen) atoms. The zero-order chi connectivity index (χ0) is 11.8. The van der Waals surface area contributed by atoms with Crippen molar-refractivity contribution in [2.24, 2.45) is 5.92 Å². The summed E-state index contributed by atoms with van der Waals surface area (Å²) in [6, 6.07) is 4.33. The molecule has 1 aliphatic carbocycles. The van der Waals surface area contributed by atoms with Crippen LogP contribution in [0.1, 0.15) is 23.5 Å². The second-order valence-corrected chi connectivity index (χ2v) is 4.97. The number of methoxy groups -OCH3 is 2. The highest BCUT2D eigenvalue weighted by molar-refractivity contribution is 5.85. The van der Waals surface area contributed by atoms with Crippen LogP contribution in [0, 0.1) is 5.92 Å². The predicted octanol–water partition coefficient (Wildman–Crippen LogP) is 2.37. The maximum Gasteiger partial charge on any atom is 0.161 e. The molecule has 0 spiro atoms. The molecule has 3 rings (SSSR count). The standard InChI is InChI=1S/C14H19NO2.ClH/c1-16-13-5-9-3-4-10-7-15-8-12(10)11(9)6-14(13)17-2;/h5-6,10,12,15H,3-4,7-8H2,1-2H3;1H. The number of nitrogens with one attached hydrogen (secondary N) is 1. The number of ether oxygens (including phenoxy) is 2. The second kappa shape index (κ2) is 5.37. The first-order valence-corrected chi connectivity index (χ1v) is 6.29. The number of hydrogen-bond donors (Lipinski definition) is 1. The van der Waals surface area contributed by atoms with Crippen LogP contribution in [-0.2, 0) is 6.42 Å². The maximum absolute atomic E-state index is 5.41. The van der Waals surface area contributed by atoms with E-state index in [1.165, 1.54) is 30.5 Å². The maximum atomic E-state index is 5.41. The molecule has 1 N–H and O–H groups in total. The molecular weight excluding hydrogens is 250 g/mol. The lowest BCUT2D eigenvalue weighted by Gasteiger charge is -2.28. The third-order valence-electron chi connectivity index (χ3n) is 4.17. The third kappa shape index (κ3) is 2.06. The Balaban J connectivity index is 0.00000120. The van der Waals surface area contributed by atoms with Crippen molar-refractivity contribution in [1.82, 2.24) is 5.32 Å². The number of rotatable bonds is 2. The Morgan fingerprint density at radius 3 is 2.56 bits per heavy atom. The van der Waals surface area contributed by atoms with E-state index in [-0.39, 0.29) is 12.4 Å². The number of fused-ring (bicyclic) bond motifs is 3. The summed E-state index contributed by atoms with van der Waals surface area (Å²) in [5.74, 6) is 3.19. The summed E-state index contributed by atoms with van der Waals surface area (Å²) in [7, 11) is 3.41. The van der Waals surface area contributed by atoms with Gasteiger partial charge in [0.15, 0.2) is 11.5 Å². The Morgan fingerprint density at radius 1 is 1.11 bits per heavy atom. The highest BCUT2D eigenvalue weighted by Gasteiger charge is 2.34. The van der Waals surface area contributed by atoms with Gasteiger partial charge in [0, 0.05) is 12.5 Å². The summed E-state index contributed by atoms with van der Waals surface area (Å²) in [5, 5.41) is 3.50. The zero-order valence-corrected chi connectivity index (χ0v) is 11.7. The number of benzene rings is 1. The van der Waals surface area contributed by atoms with E-state index in [4.69, 9.17) is 9.47 Å². The number of halogens is 1. The van der Waals surface area contributed by atoms with Gasteiger partial charge in [0.2, 0.25) is 0 Å². The molecule has 0 bridgehead atoms. The van der Waals surface area contributed by atoms with E-state index < -0.39 is 0 Å². The third-order valence-corrected chi connectivity index (χ3v) is 4.17. The highest BCUT2D eigenvalue weighted by atomic mass is 35.5. The van der Waals surface area contributed by atoms with E-state index in [0.29, 0.717) is 5.92 Å². The minimum absolute atomic E-state index is 0. The van der Waals surface area contributed by atoms with Crippen molar-refractivity contribution in [3.63, 3.8) is 0 Å². The zero-order valence-electron chi connectivity index (χ0n) is 10.9. The molecule has 0 aromatic heterocycles. The van der Waals surface area contributed by atoms with Crippen LogP contribution < -0.4 is 14.8 Å². The van der Waals surface area contributed by atoms with E-state index in [1.54, 1.807) is 14.2 Å². The van der Waals surface area contributed by atoms with Crippen molar-refractivity contribution in [3.05, 3.63) is 23.3 Å². The van der Waals surface area contributed by atoms with Gasteiger partial charge in [-0.2, -0.15) is 0 Å². The SMILES string of the molecule is COc1cc2c(cc1OC)C1CNCC1CC2.Cl. The number of hydrogen-bond acceptors (Lipinski definition) is 3. The van der Waals surface area contributed by atoms with Gasteiger partial charge in [-0.05, 0) is 48.6 Å². The van der Waals surface area contributed by atoms with Crippen LogP contribution in [0.4, 0.5) is 0 Å². The van der Waals surface area contributed by atoms with Crippen LogP contribution in [0.5, 0.6) is 11.5 Å². The van der Waals surface area contributed by atoms with Crippen molar-refractivity contribution >= 4 is 12.4 Å². The average molecular weight is 270 g/mol. The lowest BCUT2D eigenvalue weighted by molar-refractivity contribution is 0.351. The van der Waals surface area contributed by atoms with Crippen molar-refractivity contribution < 1.29 is 9.47 Å². The lowest BCUT2D eigenvalue weighted by atomic mass is 9.77. The van der Waals surface area contributed by atoms with E-state index in [2.05, 4.69) is 17.4 Å². The highest BCUT2D eigenvalue weighted by Crippen LogP contribution is 2.42. The fraction of sp³-hybridized carbons (Fsp3) is 0.571. The van der Waals surface area contributed by atoms with Gasteiger partial charge in [-0.25, -0.2) is 0 Å². The molecule has 1 aliphatic heterocycles. The van der Waals surface area contributed by atoms with Crippen molar-refractivity contribution in [3.8, 4) is 11.5 Å². The normalized spacial score (nSPS) is 24.8. The fourth-order valence-corrected chi connectivity index (χ4v) is 3.24. The van der Waals surface area contributed by atoms with Gasteiger partial charge in [-0.15, -0.1) is 12.4 Å². The largest absolute Gasteiger partial charge is 0.493 e. The van der Waals surface area contributed by atoms with Crippen molar-refractivity contribution in [2.75, 3.05) is 27.3 Å². The smallest absolute Gasteiger partial charge is 0.161 e. The minimum Gasteiger partial charge on any atom is -0.493 e. The Labute approximate surface area is 114 Å². The Kier molecular flexibility index (Phi) is 4.03. The molecule has 2 atom stereocenters. The van der Waals surface area contributed by atoms with Crippen LogP contribution in [-0.4, -0.2) is 27.3 Å². The molecule has 1 fully saturated rings. The Bertz CT molecular complexity index is 436. The fourth-order valence-electron chi connectivity index (χ4n) is 3.24. The van der Waals surface area contributed by atoms with Gasteiger partial charge in [0.25, 0.3) is 0 Å². The van der Waals surface area contributed by atoms with E-state index in [1.807, 2.05) is 0 Å². The van der Waals surface area contributed by atoms with Crippen molar-refractivity contribution in [2.45, 2.75) is 18.8 Å². The molecule has 0 amide bonds. The summed E-state index contributed by atoms with van der Waals surface area (Å²) in [5.41, 5.74) is 2.90. The number of aryl methyl sites for hydroxylation is 1.